The lowest BCUT2D eigenvalue weighted by Crippen LogP contribution is -2.56. The molecule has 0 aliphatic heterocycles. The Morgan fingerprint density at radius 3 is 2.05 bits per heavy atom. The van der Waals surface area contributed by atoms with E-state index >= 15 is 0 Å². The van der Waals surface area contributed by atoms with Gasteiger partial charge in [-0.25, -0.2) is 0 Å². The lowest BCUT2D eigenvalue weighted by Gasteiger charge is -2.59. The highest BCUT2D eigenvalue weighted by molar-refractivity contribution is 5.78. The summed E-state index contributed by atoms with van der Waals surface area (Å²) in [5.41, 5.74) is 0.427. The van der Waals surface area contributed by atoms with Crippen LogP contribution in [0.15, 0.2) is 0 Å². The predicted molar refractivity (Wildman–Crippen MR) is 76.8 cm³/mol. The molecule has 1 N–H and O–H groups in total. The summed E-state index contributed by atoms with van der Waals surface area (Å²) in [5.74, 6) is 3.06. The lowest BCUT2D eigenvalue weighted by molar-refractivity contribution is -0.126. The van der Waals surface area contributed by atoms with Crippen molar-refractivity contribution in [2.24, 2.45) is 23.2 Å². The van der Waals surface area contributed by atoms with E-state index in [1.54, 1.807) is 0 Å². The zero-order valence-corrected chi connectivity index (χ0v) is 12.6. The van der Waals surface area contributed by atoms with Crippen molar-refractivity contribution in [1.82, 2.24) is 10.2 Å². The van der Waals surface area contributed by atoms with E-state index in [-0.39, 0.29) is 5.91 Å². The first-order valence-corrected chi connectivity index (χ1v) is 7.91. The summed E-state index contributed by atoms with van der Waals surface area (Å²) >= 11 is 0. The van der Waals surface area contributed by atoms with Gasteiger partial charge >= 0.3 is 0 Å². The van der Waals surface area contributed by atoms with Gasteiger partial charge in [0.25, 0.3) is 0 Å². The average Bonchev–Trinajstić information content (AvgIpc) is 2.25. The van der Waals surface area contributed by atoms with Gasteiger partial charge in [-0.2, -0.15) is 0 Å². The third kappa shape index (κ3) is 2.54. The standard InChI is InChI=1S/C16H28N2O/c1-11(17-15(19)10-18(2)3)16-7-12-4-13(8-16)6-14(5-12)9-16/h11-14H,4-10H2,1-3H3,(H,17,19)/t11-,12?,13?,14?,16?/m1/s1. The van der Waals surface area contributed by atoms with E-state index < -0.39 is 0 Å². The fourth-order valence-corrected chi connectivity index (χ4v) is 5.44. The minimum Gasteiger partial charge on any atom is -0.352 e. The molecule has 0 saturated heterocycles. The number of hydrogen-bond acceptors (Lipinski definition) is 2. The van der Waals surface area contributed by atoms with E-state index in [1.807, 2.05) is 19.0 Å². The molecule has 0 aromatic carbocycles. The van der Waals surface area contributed by atoms with Crippen LogP contribution in [0.4, 0.5) is 0 Å². The Morgan fingerprint density at radius 1 is 1.16 bits per heavy atom. The Morgan fingerprint density at radius 2 is 1.63 bits per heavy atom. The second-order valence-electron chi connectivity index (χ2n) is 7.81. The molecule has 0 spiro atoms. The van der Waals surface area contributed by atoms with Crippen molar-refractivity contribution in [3.05, 3.63) is 0 Å². The quantitative estimate of drug-likeness (QED) is 0.845. The molecule has 4 fully saturated rings. The molecule has 4 saturated carbocycles. The van der Waals surface area contributed by atoms with E-state index in [1.165, 1.54) is 38.5 Å². The highest BCUT2D eigenvalue weighted by Gasteiger charge is 2.53. The summed E-state index contributed by atoms with van der Waals surface area (Å²) in [7, 11) is 3.91. The first-order valence-electron chi connectivity index (χ1n) is 7.91. The summed E-state index contributed by atoms with van der Waals surface area (Å²) in [6.45, 7) is 2.76. The van der Waals surface area contributed by atoms with Crippen LogP contribution in [0.5, 0.6) is 0 Å². The van der Waals surface area contributed by atoms with Gasteiger partial charge in [-0.05, 0) is 82.7 Å². The van der Waals surface area contributed by atoms with Crippen molar-refractivity contribution < 1.29 is 4.79 Å². The third-order valence-corrected chi connectivity index (χ3v) is 5.84. The highest BCUT2D eigenvalue weighted by atomic mass is 16.2. The minimum absolute atomic E-state index is 0.188. The molecule has 1 amide bonds. The van der Waals surface area contributed by atoms with E-state index in [0.29, 0.717) is 18.0 Å². The number of nitrogens with zero attached hydrogens (tertiary/aromatic N) is 1. The van der Waals surface area contributed by atoms with Gasteiger partial charge in [0.05, 0.1) is 6.54 Å². The van der Waals surface area contributed by atoms with Crippen molar-refractivity contribution in [2.75, 3.05) is 20.6 Å². The fourth-order valence-electron chi connectivity index (χ4n) is 5.44. The fraction of sp³-hybridized carbons (Fsp3) is 0.938. The molecule has 0 unspecified atom stereocenters. The smallest absolute Gasteiger partial charge is 0.234 e. The number of carbonyl (C=O) groups is 1. The van der Waals surface area contributed by atoms with Crippen molar-refractivity contribution in [3.8, 4) is 0 Å². The molecular formula is C16H28N2O. The number of amides is 1. The van der Waals surface area contributed by atoms with E-state index in [4.69, 9.17) is 0 Å². The Bertz CT molecular complexity index is 328. The zero-order chi connectivity index (χ0) is 13.6. The van der Waals surface area contributed by atoms with Crippen LogP contribution in [0.2, 0.25) is 0 Å². The maximum atomic E-state index is 12.0. The van der Waals surface area contributed by atoms with Crippen LogP contribution in [0, 0.1) is 23.2 Å². The second-order valence-corrected chi connectivity index (χ2v) is 7.81. The van der Waals surface area contributed by atoms with E-state index in [0.717, 1.165) is 17.8 Å². The maximum absolute atomic E-state index is 12.0. The van der Waals surface area contributed by atoms with Gasteiger partial charge in [-0.3, -0.25) is 4.79 Å². The summed E-state index contributed by atoms with van der Waals surface area (Å²) < 4.78 is 0. The van der Waals surface area contributed by atoms with Crippen LogP contribution in [-0.4, -0.2) is 37.5 Å². The first kappa shape index (κ1) is 13.4. The SMILES string of the molecule is C[C@@H](NC(=O)CN(C)C)C12CC3CC(CC(C3)C1)C2. The van der Waals surface area contributed by atoms with Gasteiger partial charge in [-0.15, -0.1) is 0 Å². The molecule has 0 aromatic heterocycles. The number of likely N-dealkylation sites (N-methyl/N-ethyl adjacent to an activating group) is 1. The van der Waals surface area contributed by atoms with E-state index in [9.17, 15) is 4.79 Å². The Hall–Kier alpha value is -0.570. The Kier molecular flexibility index (Phi) is 3.36. The molecule has 1 atom stereocenters. The first-order chi connectivity index (χ1) is 8.97. The molecule has 0 heterocycles. The number of rotatable bonds is 4. The maximum Gasteiger partial charge on any atom is 0.234 e. The van der Waals surface area contributed by atoms with Crippen molar-refractivity contribution in [3.63, 3.8) is 0 Å². The number of hydrogen-bond donors (Lipinski definition) is 1. The van der Waals surface area contributed by atoms with Crippen LogP contribution in [0.3, 0.4) is 0 Å². The van der Waals surface area contributed by atoms with Gasteiger partial charge in [0.15, 0.2) is 0 Å². The van der Waals surface area contributed by atoms with Crippen molar-refractivity contribution in [2.45, 2.75) is 51.5 Å². The molecule has 3 nitrogen and oxygen atoms in total. The van der Waals surface area contributed by atoms with Crippen LogP contribution in [0.25, 0.3) is 0 Å². The van der Waals surface area contributed by atoms with Gasteiger partial charge < -0.3 is 10.2 Å². The molecule has 0 radical (unpaired) electrons. The summed E-state index contributed by atoms with van der Waals surface area (Å²) in [6, 6.07) is 0.355. The monoisotopic (exact) mass is 264 g/mol. The predicted octanol–water partition coefficient (Wildman–Crippen LogP) is 2.27. The summed E-state index contributed by atoms with van der Waals surface area (Å²) in [5, 5.41) is 3.29. The molecule has 0 aromatic rings. The minimum atomic E-state index is 0.188. The topological polar surface area (TPSA) is 32.3 Å². The normalized spacial score (nSPS) is 41.6. The Labute approximate surface area is 117 Å². The van der Waals surface area contributed by atoms with Crippen LogP contribution in [0.1, 0.15) is 45.4 Å². The molecule has 108 valence electrons. The van der Waals surface area contributed by atoms with Gasteiger partial charge in [0.1, 0.15) is 0 Å². The van der Waals surface area contributed by atoms with Gasteiger partial charge in [-0.1, -0.05) is 0 Å². The summed E-state index contributed by atoms with van der Waals surface area (Å²) in [4.78, 5) is 14.0. The van der Waals surface area contributed by atoms with Crippen LogP contribution in [-0.2, 0) is 4.79 Å². The van der Waals surface area contributed by atoms with Crippen LogP contribution < -0.4 is 5.32 Å². The van der Waals surface area contributed by atoms with Crippen molar-refractivity contribution in [1.29, 1.82) is 0 Å². The van der Waals surface area contributed by atoms with E-state index in [2.05, 4.69) is 12.2 Å². The molecule has 4 bridgehead atoms. The number of carbonyl (C=O) groups excluding carboxylic acids is 1. The Balaban J connectivity index is 1.66. The second kappa shape index (κ2) is 4.76. The third-order valence-electron chi connectivity index (χ3n) is 5.84. The molecule has 3 heteroatoms. The van der Waals surface area contributed by atoms with Crippen LogP contribution >= 0.6 is 0 Å². The highest BCUT2D eigenvalue weighted by Crippen LogP contribution is 2.61. The zero-order valence-electron chi connectivity index (χ0n) is 12.6. The molecule has 4 aliphatic carbocycles. The van der Waals surface area contributed by atoms with Gasteiger partial charge in [0, 0.05) is 6.04 Å². The molecule has 19 heavy (non-hydrogen) atoms. The summed E-state index contributed by atoms with van der Waals surface area (Å²) in [6.07, 6.45) is 8.50. The molecule has 4 aliphatic rings. The molecular weight excluding hydrogens is 236 g/mol. The largest absolute Gasteiger partial charge is 0.352 e. The number of nitrogens with one attached hydrogen (secondary N) is 1. The average molecular weight is 264 g/mol. The van der Waals surface area contributed by atoms with Gasteiger partial charge in [0.2, 0.25) is 5.91 Å². The van der Waals surface area contributed by atoms with Crippen molar-refractivity contribution >= 4 is 5.91 Å². The lowest BCUT2D eigenvalue weighted by atomic mass is 9.48. The molecule has 4 rings (SSSR count).